The molecule has 2 aliphatic heterocycles. The molecule has 11 nitrogen and oxygen atoms in total. The van der Waals surface area contributed by atoms with Crippen molar-refractivity contribution in [3.63, 3.8) is 0 Å². The number of nitrogens with one attached hydrogen (secondary N) is 2. The Hall–Kier alpha value is -3.62. The van der Waals surface area contributed by atoms with Crippen LogP contribution in [0.5, 0.6) is 5.88 Å². The summed E-state index contributed by atoms with van der Waals surface area (Å²) in [5.74, 6) is 0.398. The van der Waals surface area contributed by atoms with Gasteiger partial charge in [-0.25, -0.2) is 19.4 Å². The second-order valence-electron chi connectivity index (χ2n) is 14.3. The maximum atomic E-state index is 13.8. The van der Waals surface area contributed by atoms with E-state index >= 15 is 0 Å². The van der Waals surface area contributed by atoms with E-state index in [0.717, 1.165) is 12.8 Å². The Bertz CT molecular complexity index is 1900. The Balaban J connectivity index is 1.31. The predicted molar refractivity (Wildman–Crippen MR) is 184 cm³/mol. The molecule has 50 heavy (non-hydrogen) atoms. The van der Waals surface area contributed by atoms with E-state index in [1.54, 1.807) is 12.1 Å². The van der Waals surface area contributed by atoms with Crippen LogP contribution in [0.1, 0.15) is 56.8 Å². The Morgan fingerprint density at radius 2 is 1.78 bits per heavy atom. The number of hydrogen-bond donors (Lipinski definition) is 2. The number of anilines is 2. The molecular formula is C31H34B4F3N7O4S. The highest BCUT2D eigenvalue weighted by molar-refractivity contribution is 7.90. The summed E-state index contributed by atoms with van der Waals surface area (Å²) in [4.78, 5) is 24.7. The number of pyridine rings is 2. The number of amides is 1. The second-order valence-corrected chi connectivity index (χ2v) is 15.9. The van der Waals surface area contributed by atoms with Gasteiger partial charge in [0.25, 0.3) is 15.9 Å². The number of ether oxygens (including phenoxy) is 1. The number of fused-ring (bicyclic) bond motifs is 6. The van der Waals surface area contributed by atoms with Crippen LogP contribution in [0.25, 0.3) is 5.82 Å². The molecule has 1 aliphatic carbocycles. The Morgan fingerprint density at radius 3 is 2.46 bits per heavy atom. The van der Waals surface area contributed by atoms with Crippen LogP contribution in [-0.4, -0.2) is 96.9 Å². The number of hydrogen-bond acceptors (Lipinski definition) is 9. The molecule has 0 aromatic carbocycles. The molecule has 2 N–H and O–H groups in total. The molecular weight excluding hydrogens is 667 g/mol. The lowest BCUT2D eigenvalue weighted by Gasteiger charge is -2.50. The van der Waals surface area contributed by atoms with E-state index in [2.05, 4.69) is 27.0 Å². The van der Waals surface area contributed by atoms with Crippen molar-refractivity contribution in [1.82, 2.24) is 24.5 Å². The molecule has 6 rings (SSSR count). The van der Waals surface area contributed by atoms with Gasteiger partial charge in [-0.15, -0.1) is 5.10 Å². The third-order valence-electron chi connectivity index (χ3n) is 10.3. The normalized spacial score (nSPS) is 23.1. The van der Waals surface area contributed by atoms with Crippen molar-refractivity contribution in [3.05, 3.63) is 48.2 Å². The number of carbonyl (C=O) groups is 1. The van der Waals surface area contributed by atoms with Crippen molar-refractivity contribution in [2.45, 2.75) is 73.6 Å². The van der Waals surface area contributed by atoms with Gasteiger partial charge in [0.15, 0.2) is 10.8 Å². The van der Waals surface area contributed by atoms with Gasteiger partial charge in [0.2, 0.25) is 5.88 Å². The molecule has 2 fully saturated rings. The minimum Gasteiger partial charge on any atom is -0.478 e. The van der Waals surface area contributed by atoms with Crippen LogP contribution < -0.4 is 19.7 Å². The molecule has 256 valence electrons. The average molecular weight is 701 g/mol. The first-order valence-electron chi connectivity index (χ1n) is 16.2. The maximum absolute atomic E-state index is 13.8. The van der Waals surface area contributed by atoms with Gasteiger partial charge in [-0.05, 0) is 75.6 Å². The molecule has 1 amide bonds. The summed E-state index contributed by atoms with van der Waals surface area (Å²) < 4.78 is 77.0. The lowest BCUT2D eigenvalue weighted by Crippen LogP contribution is -2.48. The third kappa shape index (κ3) is 6.38. The largest absolute Gasteiger partial charge is 0.478 e. The fraction of sp³-hybridized carbons (Fsp3) is 0.548. The molecule has 8 radical (unpaired) electrons. The standard InChI is InChI=1S/C31H34B4F3N7O4S/c1-18-9-13-39-21-5-4-6-24(40-21)50(47,48)43-26(46)20-7-8-22(41-25(20)44-16-19(18)15-27(44,2)3)45-14-10-23(42-45)49-17-29(32,33)30(34,35)28(11-12-28)31(36,37)38/h4-8,10,14,18-19H,9,11-13,15-17H2,1-3H3,(H,39,40)(H,43,46)/t18-,19?/m0/s1. The third-order valence-corrected chi connectivity index (χ3v) is 11.6. The summed E-state index contributed by atoms with van der Waals surface area (Å²) in [6.07, 6.45) is -2.27. The average Bonchev–Trinajstić information content (AvgIpc) is 3.64. The highest BCUT2D eigenvalue weighted by atomic mass is 32.2. The molecule has 1 saturated carbocycles. The SMILES string of the molecule is [B]C([B])(COc1ccn(-c2ccc3c(n2)N2CC(CC2(C)C)[C@@H](C)CCNc2cccc(n2)S(=O)(=O)NC3=O)n1)C([B])([B])C1(C(F)(F)F)CC1. The van der Waals surface area contributed by atoms with Crippen LogP contribution in [0.3, 0.4) is 0 Å². The minimum atomic E-state index is -4.71. The van der Waals surface area contributed by atoms with E-state index in [9.17, 15) is 26.4 Å². The summed E-state index contributed by atoms with van der Waals surface area (Å²) >= 11 is 0. The van der Waals surface area contributed by atoms with Crippen molar-refractivity contribution < 1.29 is 31.1 Å². The van der Waals surface area contributed by atoms with Crippen molar-refractivity contribution in [2.75, 3.05) is 29.9 Å². The van der Waals surface area contributed by atoms with Gasteiger partial charge >= 0.3 is 6.18 Å². The summed E-state index contributed by atoms with van der Waals surface area (Å²) in [5, 5.41) is 2.38. The Kier molecular flexibility index (Phi) is 8.87. The summed E-state index contributed by atoms with van der Waals surface area (Å²) in [5.41, 5.74) is -2.89. The summed E-state index contributed by atoms with van der Waals surface area (Å²) in [6.45, 7) is 6.66. The van der Waals surface area contributed by atoms with E-state index in [1.807, 2.05) is 18.7 Å². The van der Waals surface area contributed by atoms with Crippen LogP contribution >= 0.6 is 0 Å². The maximum Gasteiger partial charge on any atom is 0.393 e. The molecule has 0 spiro atoms. The van der Waals surface area contributed by atoms with Crippen LogP contribution in [0.4, 0.5) is 24.8 Å². The van der Waals surface area contributed by atoms with E-state index in [1.165, 1.54) is 35.1 Å². The number of nitrogens with zero attached hydrogens (tertiary/aromatic N) is 5. The smallest absolute Gasteiger partial charge is 0.393 e. The topological polar surface area (TPSA) is 131 Å². The van der Waals surface area contributed by atoms with Crippen LogP contribution in [0, 0.1) is 17.3 Å². The second kappa shape index (κ2) is 12.3. The van der Waals surface area contributed by atoms with E-state index < -0.39 is 50.1 Å². The van der Waals surface area contributed by atoms with Gasteiger partial charge in [0.05, 0.1) is 49.0 Å². The van der Waals surface area contributed by atoms with Crippen LogP contribution in [0.15, 0.2) is 47.6 Å². The lowest BCUT2D eigenvalue weighted by atomic mass is 9.26. The Morgan fingerprint density at radius 1 is 1.06 bits per heavy atom. The number of sulfonamides is 1. The molecule has 3 aliphatic rings. The van der Waals surface area contributed by atoms with Gasteiger partial charge in [-0.1, -0.05) is 23.4 Å². The molecule has 1 saturated heterocycles. The van der Waals surface area contributed by atoms with E-state index in [-0.39, 0.29) is 52.8 Å². The van der Waals surface area contributed by atoms with Crippen molar-refractivity contribution in [3.8, 4) is 11.7 Å². The summed E-state index contributed by atoms with van der Waals surface area (Å²) in [6, 6.07) is 8.87. The number of alkyl halides is 3. The van der Waals surface area contributed by atoms with Gasteiger partial charge in [0, 0.05) is 30.9 Å². The first-order chi connectivity index (χ1) is 23.2. The highest BCUT2D eigenvalue weighted by Crippen LogP contribution is 2.73. The van der Waals surface area contributed by atoms with Crippen molar-refractivity contribution in [2.24, 2.45) is 17.3 Å². The number of carbonyl (C=O) groups excluding carboxylic acids is 1. The molecule has 2 atom stereocenters. The molecule has 1 unspecified atom stereocenters. The molecule has 3 aromatic rings. The molecule has 5 heterocycles. The fourth-order valence-corrected chi connectivity index (χ4v) is 7.82. The zero-order valence-electron chi connectivity index (χ0n) is 27.9. The molecule has 3 aromatic heterocycles. The highest BCUT2D eigenvalue weighted by Gasteiger charge is 2.71. The van der Waals surface area contributed by atoms with Gasteiger partial charge < -0.3 is 15.0 Å². The van der Waals surface area contributed by atoms with Crippen LogP contribution in [-0.2, 0) is 10.0 Å². The fourth-order valence-electron chi connectivity index (χ4n) is 6.88. The van der Waals surface area contributed by atoms with Crippen molar-refractivity contribution in [1.29, 1.82) is 0 Å². The molecule has 19 heteroatoms. The zero-order valence-corrected chi connectivity index (χ0v) is 28.7. The molecule has 4 bridgehead atoms. The number of aromatic nitrogens is 4. The first kappa shape index (κ1) is 36.2. The van der Waals surface area contributed by atoms with E-state index in [0.29, 0.717) is 18.9 Å². The van der Waals surface area contributed by atoms with Gasteiger partial charge in [-0.3, -0.25) is 4.79 Å². The number of halogens is 3. The van der Waals surface area contributed by atoms with Crippen LogP contribution in [0.2, 0.25) is 10.4 Å². The summed E-state index contributed by atoms with van der Waals surface area (Å²) in [7, 11) is 19.6. The van der Waals surface area contributed by atoms with E-state index in [4.69, 9.17) is 41.1 Å². The van der Waals surface area contributed by atoms with Gasteiger partial charge in [-0.2, -0.15) is 21.6 Å². The predicted octanol–water partition coefficient (Wildman–Crippen LogP) is 3.47. The monoisotopic (exact) mass is 701 g/mol. The van der Waals surface area contributed by atoms with Gasteiger partial charge in [0.1, 0.15) is 11.6 Å². The number of rotatable bonds is 6. The minimum absolute atomic E-state index is 0.0171. The zero-order chi connectivity index (χ0) is 36.5. The lowest BCUT2D eigenvalue weighted by molar-refractivity contribution is -0.193. The Labute approximate surface area is 294 Å². The first-order valence-corrected chi connectivity index (χ1v) is 17.6. The quantitative estimate of drug-likeness (QED) is 0.372. The van der Waals surface area contributed by atoms with Crippen molar-refractivity contribution >= 4 is 59.0 Å².